The third-order valence-corrected chi connectivity index (χ3v) is 9.87. The zero-order valence-electron chi connectivity index (χ0n) is 27.3. The number of hydrogen-bond donors (Lipinski definition) is 0. The smallest absolute Gasteiger partial charge is 0.0998 e. The van der Waals surface area contributed by atoms with E-state index in [9.17, 15) is 15.8 Å². The van der Waals surface area contributed by atoms with Crippen LogP contribution >= 0.6 is 0 Å². The van der Waals surface area contributed by atoms with Gasteiger partial charge in [0, 0.05) is 22.0 Å². The number of nitrogens with zero attached hydrogens (tertiary/aromatic N) is 4. The molecule has 9 rings (SSSR count). The molecule has 234 valence electrons. The highest BCUT2D eigenvalue weighted by Crippen LogP contribution is 2.47. The Morgan fingerprint density at radius 1 is 0.373 bits per heavy atom. The van der Waals surface area contributed by atoms with Crippen LogP contribution in [0, 0.1) is 34.0 Å². The summed E-state index contributed by atoms with van der Waals surface area (Å²) in [6.45, 7) is 0. The third kappa shape index (κ3) is 4.66. The van der Waals surface area contributed by atoms with Crippen LogP contribution in [0.4, 0.5) is 0 Å². The normalized spacial score (nSPS) is 11.1. The molecule has 0 atom stereocenters. The summed E-state index contributed by atoms with van der Waals surface area (Å²) in [6, 6.07) is 60.3. The van der Waals surface area contributed by atoms with Gasteiger partial charge >= 0.3 is 0 Å². The van der Waals surface area contributed by atoms with E-state index in [-0.39, 0.29) is 0 Å². The fourth-order valence-corrected chi connectivity index (χ4v) is 7.72. The van der Waals surface area contributed by atoms with Gasteiger partial charge in [0.05, 0.1) is 45.9 Å². The maximum absolute atomic E-state index is 10.7. The van der Waals surface area contributed by atoms with Crippen molar-refractivity contribution in [1.82, 2.24) is 4.57 Å². The number of hydrogen-bond acceptors (Lipinski definition) is 3. The van der Waals surface area contributed by atoms with Gasteiger partial charge in [-0.1, -0.05) is 103 Å². The average molecular weight is 647 g/mol. The molecule has 0 saturated heterocycles. The van der Waals surface area contributed by atoms with Crippen molar-refractivity contribution < 1.29 is 0 Å². The summed E-state index contributed by atoms with van der Waals surface area (Å²) in [6.07, 6.45) is 0. The van der Waals surface area contributed by atoms with E-state index >= 15 is 0 Å². The average Bonchev–Trinajstić information content (AvgIpc) is 3.52. The molecule has 1 heterocycles. The molecule has 4 nitrogen and oxygen atoms in total. The summed E-state index contributed by atoms with van der Waals surface area (Å²) in [5.41, 5.74) is 10.7. The number of fused-ring (bicyclic) bond motifs is 5. The fourth-order valence-electron chi connectivity index (χ4n) is 7.72. The summed E-state index contributed by atoms with van der Waals surface area (Å²) in [5.74, 6) is 0. The van der Waals surface area contributed by atoms with Crippen LogP contribution < -0.4 is 0 Å². The van der Waals surface area contributed by atoms with Crippen LogP contribution in [0.2, 0.25) is 0 Å². The Kier molecular flexibility index (Phi) is 6.93. The Hall–Kier alpha value is -7.45. The Morgan fingerprint density at radius 2 is 0.902 bits per heavy atom. The Balaban J connectivity index is 1.34. The van der Waals surface area contributed by atoms with Crippen molar-refractivity contribution in [3.8, 4) is 57.3 Å². The molecule has 0 fully saturated rings. The maximum atomic E-state index is 10.7. The van der Waals surface area contributed by atoms with Crippen LogP contribution in [-0.2, 0) is 0 Å². The van der Waals surface area contributed by atoms with Crippen molar-refractivity contribution in [2.45, 2.75) is 0 Å². The number of nitriles is 3. The second-order valence-corrected chi connectivity index (χ2v) is 12.6. The second kappa shape index (κ2) is 11.9. The van der Waals surface area contributed by atoms with Crippen LogP contribution in [0.15, 0.2) is 158 Å². The van der Waals surface area contributed by atoms with Crippen molar-refractivity contribution in [3.05, 3.63) is 174 Å². The summed E-state index contributed by atoms with van der Waals surface area (Å²) in [7, 11) is 0. The predicted octanol–water partition coefficient (Wildman–Crippen LogP) is 11.7. The SMILES string of the molecule is N#Cc1ccc2c(c1)c1cc(C#N)ccc1n2-c1cccc(-c2cccc(C#N)c2-c2c3ccccc3c(-c3ccccc3)c3ccccc23)c1. The molecule has 0 aliphatic heterocycles. The quantitative estimate of drug-likeness (QED) is 0.179. The first-order valence-corrected chi connectivity index (χ1v) is 16.7. The van der Waals surface area contributed by atoms with Gasteiger partial charge < -0.3 is 4.57 Å². The summed E-state index contributed by atoms with van der Waals surface area (Å²) < 4.78 is 2.18. The number of benzene rings is 8. The zero-order valence-corrected chi connectivity index (χ0v) is 27.3. The van der Waals surface area contributed by atoms with Gasteiger partial charge in [0.1, 0.15) is 0 Å². The monoisotopic (exact) mass is 646 g/mol. The van der Waals surface area contributed by atoms with Crippen molar-refractivity contribution in [3.63, 3.8) is 0 Å². The van der Waals surface area contributed by atoms with Crippen molar-refractivity contribution in [1.29, 1.82) is 15.8 Å². The van der Waals surface area contributed by atoms with E-state index < -0.39 is 0 Å². The molecule has 1 aromatic heterocycles. The van der Waals surface area contributed by atoms with E-state index in [1.54, 1.807) is 0 Å². The largest absolute Gasteiger partial charge is 0.309 e. The summed E-state index contributed by atoms with van der Waals surface area (Å²) in [5, 5.41) is 36.3. The van der Waals surface area contributed by atoms with Gasteiger partial charge in [-0.25, -0.2) is 0 Å². The van der Waals surface area contributed by atoms with Gasteiger partial charge in [-0.05, 0) is 104 Å². The lowest BCUT2D eigenvalue weighted by molar-refractivity contribution is 1.18. The van der Waals surface area contributed by atoms with Crippen LogP contribution in [0.25, 0.3) is 82.4 Å². The van der Waals surface area contributed by atoms with Gasteiger partial charge in [-0.15, -0.1) is 0 Å². The molecule has 0 radical (unpaired) electrons. The first-order valence-electron chi connectivity index (χ1n) is 16.7. The molecule has 0 amide bonds. The minimum Gasteiger partial charge on any atom is -0.309 e. The number of rotatable bonds is 4. The van der Waals surface area contributed by atoms with Crippen LogP contribution in [0.1, 0.15) is 16.7 Å². The molecule has 0 saturated carbocycles. The van der Waals surface area contributed by atoms with Gasteiger partial charge in [0.25, 0.3) is 0 Å². The molecule has 0 aliphatic carbocycles. The van der Waals surface area contributed by atoms with Crippen LogP contribution in [-0.4, -0.2) is 4.57 Å². The van der Waals surface area contributed by atoms with Crippen LogP contribution in [0.3, 0.4) is 0 Å². The van der Waals surface area contributed by atoms with E-state index in [4.69, 9.17) is 0 Å². The van der Waals surface area contributed by atoms with Gasteiger partial charge in [0.15, 0.2) is 0 Å². The Bertz CT molecular complexity index is 2870. The minimum absolute atomic E-state index is 0.563. The highest BCUT2D eigenvalue weighted by atomic mass is 15.0. The molecule has 0 unspecified atom stereocenters. The first-order chi connectivity index (χ1) is 25.2. The molecule has 0 N–H and O–H groups in total. The van der Waals surface area contributed by atoms with Gasteiger partial charge in [-0.2, -0.15) is 15.8 Å². The molecule has 0 bridgehead atoms. The summed E-state index contributed by atoms with van der Waals surface area (Å²) in [4.78, 5) is 0. The van der Waals surface area contributed by atoms with E-state index in [2.05, 4.69) is 120 Å². The molecule has 8 aromatic carbocycles. The van der Waals surface area contributed by atoms with E-state index in [0.29, 0.717) is 16.7 Å². The van der Waals surface area contributed by atoms with Crippen molar-refractivity contribution in [2.75, 3.05) is 0 Å². The topological polar surface area (TPSA) is 76.3 Å². The Morgan fingerprint density at radius 3 is 1.47 bits per heavy atom. The molecule has 0 aliphatic rings. The number of aromatic nitrogens is 1. The molecular formula is C47H26N4. The summed E-state index contributed by atoms with van der Waals surface area (Å²) >= 11 is 0. The first kappa shape index (κ1) is 29.7. The second-order valence-electron chi connectivity index (χ2n) is 12.6. The highest BCUT2D eigenvalue weighted by Gasteiger charge is 2.22. The van der Waals surface area contributed by atoms with Gasteiger partial charge in [0.2, 0.25) is 0 Å². The van der Waals surface area contributed by atoms with E-state index in [0.717, 1.165) is 76.9 Å². The molecule has 9 aromatic rings. The third-order valence-electron chi connectivity index (χ3n) is 9.87. The van der Waals surface area contributed by atoms with Crippen LogP contribution in [0.5, 0.6) is 0 Å². The molecular weight excluding hydrogens is 621 g/mol. The van der Waals surface area contributed by atoms with E-state index in [1.807, 2.05) is 60.7 Å². The lowest BCUT2D eigenvalue weighted by Gasteiger charge is -2.21. The fraction of sp³-hybridized carbons (Fsp3) is 0. The zero-order chi connectivity index (χ0) is 34.5. The molecule has 4 heteroatoms. The van der Waals surface area contributed by atoms with E-state index in [1.165, 1.54) is 5.56 Å². The van der Waals surface area contributed by atoms with Gasteiger partial charge in [-0.3, -0.25) is 0 Å². The highest BCUT2D eigenvalue weighted by molar-refractivity contribution is 6.23. The van der Waals surface area contributed by atoms with Crippen molar-refractivity contribution in [2.24, 2.45) is 0 Å². The molecule has 51 heavy (non-hydrogen) atoms. The lowest BCUT2D eigenvalue weighted by atomic mass is 9.82. The molecule has 0 spiro atoms. The Labute approximate surface area is 294 Å². The minimum atomic E-state index is 0.563. The predicted molar refractivity (Wildman–Crippen MR) is 206 cm³/mol. The van der Waals surface area contributed by atoms with Crippen molar-refractivity contribution >= 4 is 43.4 Å². The standard InChI is InChI=1S/C47H26N4/c48-27-30-20-22-43-41(24-30)42-25-31(28-49)21-23-44(42)51(43)35-14-8-12-33(26-35)36-19-9-13-34(29-50)46(36)47-39-17-6-4-15-37(39)45(32-10-2-1-3-11-32)38-16-5-7-18-40(38)47/h1-26H. The maximum Gasteiger partial charge on any atom is 0.0998 e. The lowest BCUT2D eigenvalue weighted by Crippen LogP contribution is -1.97.